The molecule has 0 aliphatic rings. The van der Waals surface area contributed by atoms with Gasteiger partial charge in [-0.05, 0) is 6.42 Å². The lowest BCUT2D eigenvalue weighted by Gasteiger charge is -2.01. The number of ether oxygens (including phenoxy) is 1. The summed E-state index contributed by atoms with van der Waals surface area (Å²) in [5.74, 6) is 0.692. The van der Waals surface area contributed by atoms with E-state index in [1.807, 2.05) is 6.92 Å². The molecular formula is C8H15N3O2. The highest BCUT2D eigenvalue weighted by atomic mass is 16.5. The predicted molar refractivity (Wildman–Crippen MR) is 48.5 cm³/mol. The number of hydrogen-bond donors (Lipinski definition) is 0. The standard InChI is InChI=1S/C8H15N3O2/c1-4-5-11-7(6-13-3)9-10(2)8(11)12/h4-6H2,1-3H3. The Hall–Kier alpha value is -1.10. The van der Waals surface area contributed by atoms with Gasteiger partial charge < -0.3 is 4.74 Å². The first-order valence-electron chi connectivity index (χ1n) is 4.32. The molecule has 5 heteroatoms. The first-order chi connectivity index (χ1) is 6.20. The zero-order valence-corrected chi connectivity index (χ0v) is 8.28. The van der Waals surface area contributed by atoms with Crippen molar-refractivity contribution in [3.63, 3.8) is 0 Å². The highest BCUT2D eigenvalue weighted by Gasteiger charge is 2.08. The molecule has 74 valence electrons. The molecule has 0 spiro atoms. The molecule has 5 nitrogen and oxygen atoms in total. The van der Waals surface area contributed by atoms with Crippen LogP contribution < -0.4 is 5.69 Å². The first-order valence-corrected chi connectivity index (χ1v) is 4.32. The van der Waals surface area contributed by atoms with Gasteiger partial charge in [-0.25, -0.2) is 9.48 Å². The van der Waals surface area contributed by atoms with Gasteiger partial charge in [0.25, 0.3) is 0 Å². The third kappa shape index (κ3) is 1.98. The van der Waals surface area contributed by atoms with Gasteiger partial charge in [-0.3, -0.25) is 4.57 Å². The third-order valence-electron chi connectivity index (χ3n) is 1.81. The van der Waals surface area contributed by atoms with Gasteiger partial charge in [-0.15, -0.1) is 0 Å². The Balaban J connectivity index is 3.03. The molecule has 0 amide bonds. The van der Waals surface area contributed by atoms with Crippen molar-refractivity contribution < 1.29 is 4.74 Å². The SMILES string of the molecule is CCCn1c(COC)nn(C)c1=O. The van der Waals surface area contributed by atoms with Gasteiger partial charge >= 0.3 is 5.69 Å². The molecule has 0 N–H and O–H groups in total. The highest BCUT2D eigenvalue weighted by molar-refractivity contribution is 4.84. The average Bonchev–Trinajstić information content (AvgIpc) is 2.34. The van der Waals surface area contributed by atoms with Crippen LogP contribution in [-0.4, -0.2) is 21.5 Å². The molecule has 1 heterocycles. The van der Waals surface area contributed by atoms with Crippen LogP contribution in [-0.2, 0) is 24.9 Å². The quantitative estimate of drug-likeness (QED) is 0.670. The molecule has 0 atom stereocenters. The molecule has 13 heavy (non-hydrogen) atoms. The maximum atomic E-state index is 11.5. The molecule has 1 rings (SSSR count). The molecular weight excluding hydrogens is 170 g/mol. The van der Waals surface area contributed by atoms with Crippen LogP contribution in [0.5, 0.6) is 0 Å². The van der Waals surface area contributed by atoms with Crippen LogP contribution in [0.4, 0.5) is 0 Å². The van der Waals surface area contributed by atoms with Gasteiger partial charge in [-0.2, -0.15) is 5.10 Å². The Morgan fingerprint density at radius 2 is 2.23 bits per heavy atom. The van der Waals surface area contributed by atoms with E-state index in [1.54, 1.807) is 18.7 Å². The summed E-state index contributed by atoms with van der Waals surface area (Å²) in [6, 6.07) is 0. The third-order valence-corrected chi connectivity index (χ3v) is 1.81. The normalized spacial score (nSPS) is 10.7. The fourth-order valence-electron chi connectivity index (χ4n) is 1.24. The number of nitrogens with zero attached hydrogens (tertiary/aromatic N) is 3. The summed E-state index contributed by atoms with van der Waals surface area (Å²) in [7, 11) is 3.24. The molecule has 0 aliphatic heterocycles. The predicted octanol–water partition coefficient (Wildman–Crippen LogP) is 0.138. The molecule has 0 fully saturated rings. The minimum Gasteiger partial charge on any atom is -0.377 e. The summed E-state index contributed by atoms with van der Waals surface area (Å²) in [5.41, 5.74) is -0.0751. The number of methoxy groups -OCH3 is 1. The van der Waals surface area contributed by atoms with Crippen LogP contribution in [0.3, 0.4) is 0 Å². The number of aryl methyl sites for hydroxylation is 1. The summed E-state index contributed by atoms with van der Waals surface area (Å²) < 4.78 is 7.93. The van der Waals surface area contributed by atoms with E-state index in [9.17, 15) is 4.79 Å². The Kier molecular flexibility index (Phi) is 3.25. The monoisotopic (exact) mass is 185 g/mol. The van der Waals surface area contributed by atoms with E-state index in [2.05, 4.69) is 5.10 Å². The number of hydrogen-bond acceptors (Lipinski definition) is 3. The van der Waals surface area contributed by atoms with Gasteiger partial charge in [0.1, 0.15) is 6.61 Å². The lowest BCUT2D eigenvalue weighted by Crippen LogP contribution is -2.23. The van der Waals surface area contributed by atoms with E-state index < -0.39 is 0 Å². The molecule has 0 radical (unpaired) electrons. The van der Waals surface area contributed by atoms with E-state index in [0.717, 1.165) is 6.42 Å². The zero-order chi connectivity index (χ0) is 9.84. The minimum absolute atomic E-state index is 0.0751. The average molecular weight is 185 g/mol. The van der Waals surface area contributed by atoms with Crippen LogP contribution in [0.1, 0.15) is 19.2 Å². The second kappa shape index (κ2) is 4.23. The van der Waals surface area contributed by atoms with E-state index in [0.29, 0.717) is 19.0 Å². The summed E-state index contributed by atoms with van der Waals surface area (Å²) >= 11 is 0. The van der Waals surface area contributed by atoms with Crippen LogP contribution in [0.2, 0.25) is 0 Å². The maximum absolute atomic E-state index is 11.5. The van der Waals surface area contributed by atoms with Gasteiger partial charge in [0.15, 0.2) is 5.82 Å². The maximum Gasteiger partial charge on any atom is 0.345 e. The van der Waals surface area contributed by atoms with Crippen LogP contribution >= 0.6 is 0 Å². The lowest BCUT2D eigenvalue weighted by atomic mass is 10.4. The highest BCUT2D eigenvalue weighted by Crippen LogP contribution is 1.95. The van der Waals surface area contributed by atoms with Crippen molar-refractivity contribution in [2.45, 2.75) is 26.5 Å². The lowest BCUT2D eigenvalue weighted by molar-refractivity contribution is 0.173. The van der Waals surface area contributed by atoms with Crippen molar-refractivity contribution in [3.8, 4) is 0 Å². The van der Waals surface area contributed by atoms with Crippen molar-refractivity contribution in [1.82, 2.24) is 14.3 Å². The van der Waals surface area contributed by atoms with Crippen molar-refractivity contribution in [1.29, 1.82) is 0 Å². The summed E-state index contributed by atoms with van der Waals surface area (Å²) in [6.07, 6.45) is 0.919. The second-order valence-electron chi connectivity index (χ2n) is 2.91. The van der Waals surface area contributed by atoms with Gasteiger partial charge in [0.05, 0.1) is 0 Å². The Bertz CT molecular complexity index is 327. The number of rotatable bonds is 4. The van der Waals surface area contributed by atoms with Crippen LogP contribution in [0.15, 0.2) is 4.79 Å². The van der Waals surface area contributed by atoms with Crippen molar-refractivity contribution in [2.75, 3.05) is 7.11 Å². The van der Waals surface area contributed by atoms with E-state index in [1.165, 1.54) is 4.68 Å². The molecule has 1 aromatic rings. The Morgan fingerprint density at radius 3 is 2.77 bits per heavy atom. The van der Waals surface area contributed by atoms with Gasteiger partial charge in [0.2, 0.25) is 0 Å². The molecule has 1 aromatic heterocycles. The smallest absolute Gasteiger partial charge is 0.345 e. The Labute approximate surface area is 76.9 Å². The zero-order valence-electron chi connectivity index (χ0n) is 8.28. The van der Waals surface area contributed by atoms with Crippen molar-refractivity contribution in [3.05, 3.63) is 16.3 Å². The minimum atomic E-state index is -0.0751. The fourth-order valence-corrected chi connectivity index (χ4v) is 1.24. The molecule has 0 bridgehead atoms. The van der Waals surface area contributed by atoms with Crippen molar-refractivity contribution >= 4 is 0 Å². The number of aromatic nitrogens is 3. The summed E-state index contributed by atoms with van der Waals surface area (Å²) in [4.78, 5) is 11.5. The van der Waals surface area contributed by atoms with Crippen LogP contribution in [0, 0.1) is 0 Å². The van der Waals surface area contributed by atoms with Gasteiger partial charge in [0, 0.05) is 20.7 Å². The van der Waals surface area contributed by atoms with E-state index in [-0.39, 0.29) is 5.69 Å². The van der Waals surface area contributed by atoms with E-state index in [4.69, 9.17) is 4.74 Å². The second-order valence-corrected chi connectivity index (χ2v) is 2.91. The van der Waals surface area contributed by atoms with Crippen LogP contribution in [0.25, 0.3) is 0 Å². The van der Waals surface area contributed by atoms with Gasteiger partial charge in [-0.1, -0.05) is 6.92 Å². The molecule has 0 unspecified atom stereocenters. The first kappa shape index (κ1) is 9.98. The molecule has 0 saturated carbocycles. The molecule has 0 aliphatic carbocycles. The summed E-state index contributed by atoms with van der Waals surface area (Å²) in [6.45, 7) is 3.11. The fraction of sp³-hybridized carbons (Fsp3) is 0.750. The summed E-state index contributed by atoms with van der Waals surface area (Å²) in [5, 5.41) is 4.06. The van der Waals surface area contributed by atoms with E-state index >= 15 is 0 Å². The topological polar surface area (TPSA) is 49.0 Å². The molecule has 0 saturated heterocycles. The Morgan fingerprint density at radius 1 is 1.54 bits per heavy atom. The largest absolute Gasteiger partial charge is 0.377 e. The molecule has 0 aromatic carbocycles. The van der Waals surface area contributed by atoms with Crippen molar-refractivity contribution in [2.24, 2.45) is 7.05 Å².